The third-order valence-corrected chi connectivity index (χ3v) is 5.85. The summed E-state index contributed by atoms with van der Waals surface area (Å²) >= 11 is 0. The third-order valence-electron chi connectivity index (χ3n) is 4.45. The van der Waals surface area contributed by atoms with Gasteiger partial charge < -0.3 is 9.15 Å². The van der Waals surface area contributed by atoms with E-state index in [1.165, 1.54) is 0 Å². The Morgan fingerprint density at radius 2 is 1.82 bits per heavy atom. The van der Waals surface area contributed by atoms with Crippen LogP contribution in [0, 0.1) is 6.92 Å². The van der Waals surface area contributed by atoms with Gasteiger partial charge in [-0.1, -0.05) is 26.0 Å². The molecule has 2 aromatic carbocycles. The number of aryl methyl sites for hydroxylation is 1. The summed E-state index contributed by atoms with van der Waals surface area (Å²) in [5.74, 6) is 0.249. The molecule has 148 valence electrons. The minimum Gasteiger partial charge on any atom is -0.462 e. The molecule has 28 heavy (non-hydrogen) atoms. The van der Waals surface area contributed by atoms with Crippen molar-refractivity contribution in [1.29, 1.82) is 0 Å². The number of carbonyl (C=O) groups is 1. The van der Waals surface area contributed by atoms with Crippen LogP contribution >= 0.6 is 0 Å². The quantitative estimate of drug-likeness (QED) is 0.597. The summed E-state index contributed by atoms with van der Waals surface area (Å²) in [6.45, 7) is 7.73. The van der Waals surface area contributed by atoms with E-state index in [2.05, 4.69) is 4.72 Å². The van der Waals surface area contributed by atoms with Crippen LogP contribution in [0.1, 0.15) is 48.4 Å². The number of anilines is 1. The van der Waals surface area contributed by atoms with E-state index in [1.54, 1.807) is 56.3 Å². The zero-order valence-electron chi connectivity index (χ0n) is 16.3. The number of esters is 1. The number of hydrogen-bond acceptors (Lipinski definition) is 5. The number of hydrogen-bond donors (Lipinski definition) is 1. The predicted octanol–water partition coefficient (Wildman–Crippen LogP) is 4.84. The minimum atomic E-state index is -3.76. The van der Waals surface area contributed by atoms with Crippen molar-refractivity contribution in [2.45, 2.75) is 38.5 Å². The second-order valence-electron chi connectivity index (χ2n) is 6.79. The van der Waals surface area contributed by atoms with E-state index in [4.69, 9.17) is 9.15 Å². The first-order valence-corrected chi connectivity index (χ1v) is 10.5. The molecule has 3 rings (SSSR count). The molecule has 0 amide bonds. The van der Waals surface area contributed by atoms with Gasteiger partial charge in [0.05, 0.1) is 11.5 Å². The molecule has 0 aliphatic carbocycles. The highest BCUT2D eigenvalue weighted by atomic mass is 32.2. The normalized spacial score (nSPS) is 11.8. The summed E-state index contributed by atoms with van der Waals surface area (Å²) in [6, 6.07) is 11.6. The molecular weight excluding hydrogens is 378 g/mol. The monoisotopic (exact) mass is 401 g/mol. The average molecular weight is 401 g/mol. The van der Waals surface area contributed by atoms with Crippen molar-refractivity contribution in [3.63, 3.8) is 0 Å². The molecule has 0 aliphatic rings. The van der Waals surface area contributed by atoms with Crippen molar-refractivity contribution in [2.75, 3.05) is 11.3 Å². The van der Waals surface area contributed by atoms with Crippen molar-refractivity contribution >= 4 is 32.6 Å². The Morgan fingerprint density at radius 3 is 2.43 bits per heavy atom. The van der Waals surface area contributed by atoms with E-state index in [9.17, 15) is 13.2 Å². The largest absolute Gasteiger partial charge is 0.462 e. The molecule has 0 radical (unpaired) electrons. The van der Waals surface area contributed by atoms with Crippen LogP contribution < -0.4 is 4.72 Å². The molecule has 6 nitrogen and oxygen atoms in total. The molecule has 0 aliphatic heterocycles. The molecule has 0 saturated carbocycles. The van der Waals surface area contributed by atoms with Gasteiger partial charge in [-0.3, -0.25) is 4.72 Å². The van der Waals surface area contributed by atoms with Crippen LogP contribution in [0.5, 0.6) is 0 Å². The molecule has 0 spiro atoms. The zero-order valence-corrected chi connectivity index (χ0v) is 17.1. The van der Waals surface area contributed by atoms with Crippen LogP contribution in [-0.4, -0.2) is 21.0 Å². The van der Waals surface area contributed by atoms with Gasteiger partial charge in [0, 0.05) is 11.1 Å². The highest BCUT2D eigenvalue weighted by molar-refractivity contribution is 7.92. The lowest BCUT2D eigenvalue weighted by Gasteiger charge is -2.10. The SMILES string of the molecule is CCOC(=O)c1c(C)oc2ccc(NS(=O)(=O)c3ccc(C(C)C)cc3)cc12. The van der Waals surface area contributed by atoms with Crippen molar-refractivity contribution in [1.82, 2.24) is 0 Å². The standard InChI is InChI=1S/C21H23NO5S/c1-5-26-21(23)20-14(4)27-19-11-8-16(12-18(19)20)22-28(24,25)17-9-6-15(7-10-17)13(2)3/h6-13,22H,5H2,1-4H3. The summed E-state index contributed by atoms with van der Waals surface area (Å²) in [4.78, 5) is 12.4. The second kappa shape index (κ2) is 7.67. The van der Waals surface area contributed by atoms with Gasteiger partial charge in [-0.2, -0.15) is 0 Å². The fraction of sp³-hybridized carbons (Fsp3) is 0.286. The fourth-order valence-corrected chi connectivity index (χ4v) is 4.04. The van der Waals surface area contributed by atoms with Crippen LogP contribution in [0.15, 0.2) is 51.8 Å². The van der Waals surface area contributed by atoms with Gasteiger partial charge in [-0.25, -0.2) is 13.2 Å². The number of ether oxygens (including phenoxy) is 1. The lowest BCUT2D eigenvalue weighted by molar-refractivity contribution is 0.0526. The molecule has 0 saturated heterocycles. The molecule has 1 aromatic heterocycles. The maximum Gasteiger partial charge on any atom is 0.342 e. The number of nitrogens with one attached hydrogen (secondary N) is 1. The van der Waals surface area contributed by atoms with Crippen LogP contribution in [0.2, 0.25) is 0 Å². The molecule has 0 atom stereocenters. The third kappa shape index (κ3) is 3.89. The molecular formula is C21H23NO5S. The Bertz CT molecular complexity index is 1110. The second-order valence-corrected chi connectivity index (χ2v) is 8.48. The lowest BCUT2D eigenvalue weighted by atomic mass is 10.0. The first kappa shape index (κ1) is 19.9. The molecule has 7 heteroatoms. The highest BCUT2D eigenvalue weighted by Gasteiger charge is 2.21. The van der Waals surface area contributed by atoms with Gasteiger partial charge in [0.2, 0.25) is 0 Å². The van der Waals surface area contributed by atoms with Crippen LogP contribution in [0.3, 0.4) is 0 Å². The summed E-state index contributed by atoms with van der Waals surface area (Å²) in [6.07, 6.45) is 0. The number of carbonyl (C=O) groups excluding carboxylic acids is 1. The van der Waals surface area contributed by atoms with Gasteiger partial charge in [-0.05, 0) is 55.7 Å². The smallest absolute Gasteiger partial charge is 0.342 e. The molecule has 1 heterocycles. The number of sulfonamides is 1. The summed E-state index contributed by atoms with van der Waals surface area (Å²) in [5.41, 5.74) is 2.20. The Balaban J connectivity index is 1.95. The molecule has 0 bridgehead atoms. The molecule has 1 N–H and O–H groups in total. The predicted molar refractivity (Wildman–Crippen MR) is 108 cm³/mol. The van der Waals surface area contributed by atoms with Crippen LogP contribution in [0.4, 0.5) is 5.69 Å². The van der Waals surface area contributed by atoms with E-state index >= 15 is 0 Å². The Kier molecular flexibility index (Phi) is 5.47. The van der Waals surface area contributed by atoms with Crippen LogP contribution in [0.25, 0.3) is 11.0 Å². The summed E-state index contributed by atoms with van der Waals surface area (Å²) < 4.78 is 38.7. The van der Waals surface area contributed by atoms with Crippen molar-refractivity contribution < 1.29 is 22.4 Å². The molecule has 3 aromatic rings. The maximum absolute atomic E-state index is 12.7. The fourth-order valence-electron chi connectivity index (χ4n) is 2.99. The Hall–Kier alpha value is -2.80. The number of fused-ring (bicyclic) bond motifs is 1. The van der Waals surface area contributed by atoms with E-state index in [1.807, 2.05) is 13.8 Å². The van der Waals surface area contributed by atoms with Gasteiger partial charge in [0.15, 0.2) is 0 Å². The van der Waals surface area contributed by atoms with Gasteiger partial charge in [0.25, 0.3) is 10.0 Å². The summed E-state index contributed by atoms with van der Waals surface area (Å²) in [5, 5.41) is 0.506. The van der Waals surface area contributed by atoms with E-state index < -0.39 is 16.0 Å². The number of furan rings is 1. The topological polar surface area (TPSA) is 85.6 Å². The first-order valence-electron chi connectivity index (χ1n) is 9.06. The van der Waals surface area contributed by atoms with Crippen molar-refractivity contribution in [3.8, 4) is 0 Å². The molecule has 0 fully saturated rings. The average Bonchev–Trinajstić information content (AvgIpc) is 2.96. The number of benzene rings is 2. The Morgan fingerprint density at radius 1 is 1.14 bits per heavy atom. The maximum atomic E-state index is 12.7. The summed E-state index contributed by atoms with van der Waals surface area (Å²) in [7, 11) is -3.76. The Labute approximate surface area is 164 Å². The first-order chi connectivity index (χ1) is 13.2. The lowest BCUT2D eigenvalue weighted by Crippen LogP contribution is -2.13. The van der Waals surface area contributed by atoms with Gasteiger partial charge in [0.1, 0.15) is 16.9 Å². The van der Waals surface area contributed by atoms with E-state index in [0.29, 0.717) is 33.9 Å². The van der Waals surface area contributed by atoms with Gasteiger partial charge >= 0.3 is 5.97 Å². The van der Waals surface area contributed by atoms with Gasteiger partial charge in [-0.15, -0.1) is 0 Å². The zero-order chi connectivity index (χ0) is 20.5. The van der Waals surface area contributed by atoms with Crippen LogP contribution in [-0.2, 0) is 14.8 Å². The van der Waals surface area contributed by atoms with E-state index in [-0.39, 0.29) is 11.5 Å². The van der Waals surface area contributed by atoms with Crippen molar-refractivity contribution in [2.24, 2.45) is 0 Å². The molecule has 0 unspecified atom stereocenters. The minimum absolute atomic E-state index is 0.172. The highest BCUT2D eigenvalue weighted by Crippen LogP contribution is 2.30. The van der Waals surface area contributed by atoms with E-state index in [0.717, 1.165) is 5.56 Å². The van der Waals surface area contributed by atoms with Crippen molar-refractivity contribution in [3.05, 3.63) is 59.4 Å². The number of rotatable bonds is 6.